The zero-order chi connectivity index (χ0) is 20.1. The highest BCUT2D eigenvalue weighted by Gasteiger charge is 2.31. The van der Waals surface area contributed by atoms with Crippen molar-refractivity contribution < 1.29 is 9.59 Å². The number of amides is 2. The number of nitrogens with zero attached hydrogens (tertiary/aromatic N) is 2. The van der Waals surface area contributed by atoms with Crippen molar-refractivity contribution in [1.82, 2.24) is 9.80 Å². The summed E-state index contributed by atoms with van der Waals surface area (Å²) in [5, 5.41) is 0. The van der Waals surface area contributed by atoms with Crippen LogP contribution in [-0.2, 0) is 9.59 Å². The van der Waals surface area contributed by atoms with Gasteiger partial charge in [-0.05, 0) is 54.7 Å². The lowest BCUT2D eigenvalue weighted by molar-refractivity contribution is -0.140. The maximum Gasteiger partial charge on any atom is 0.246 e. The van der Waals surface area contributed by atoms with Gasteiger partial charge in [-0.25, -0.2) is 0 Å². The lowest BCUT2D eigenvalue weighted by Gasteiger charge is -2.37. The summed E-state index contributed by atoms with van der Waals surface area (Å²) >= 11 is 0. The van der Waals surface area contributed by atoms with Gasteiger partial charge in [0.15, 0.2) is 0 Å². The first-order chi connectivity index (χ1) is 13.4. The number of benzene rings is 1. The van der Waals surface area contributed by atoms with Crippen molar-refractivity contribution in [3.8, 4) is 0 Å². The van der Waals surface area contributed by atoms with Gasteiger partial charge in [-0.15, -0.1) is 0 Å². The quantitative estimate of drug-likeness (QED) is 0.728. The SMILES string of the molecule is CC1CCCN(C(=O)C2CCN(C(=O)/C=C/c3ccc(C(C)C)cc3)CC2)C1. The third-order valence-corrected chi connectivity index (χ3v) is 6.15. The number of likely N-dealkylation sites (tertiary alicyclic amines) is 2. The lowest BCUT2D eigenvalue weighted by atomic mass is 9.92. The van der Waals surface area contributed by atoms with Gasteiger partial charge in [0.1, 0.15) is 0 Å². The monoisotopic (exact) mass is 382 g/mol. The molecular formula is C24H34N2O2. The fourth-order valence-corrected chi connectivity index (χ4v) is 4.26. The minimum absolute atomic E-state index is 0.0467. The molecule has 0 spiro atoms. The topological polar surface area (TPSA) is 40.6 Å². The second-order valence-corrected chi connectivity index (χ2v) is 8.79. The molecule has 1 aromatic rings. The van der Waals surface area contributed by atoms with E-state index >= 15 is 0 Å². The molecule has 0 aromatic heterocycles. The van der Waals surface area contributed by atoms with E-state index < -0.39 is 0 Å². The van der Waals surface area contributed by atoms with Crippen molar-refractivity contribution in [1.29, 1.82) is 0 Å². The molecule has 152 valence electrons. The number of hydrogen-bond donors (Lipinski definition) is 0. The maximum absolute atomic E-state index is 12.8. The first-order valence-corrected chi connectivity index (χ1v) is 10.8. The molecular weight excluding hydrogens is 348 g/mol. The van der Waals surface area contributed by atoms with Crippen molar-refractivity contribution in [2.45, 2.75) is 52.4 Å². The average Bonchev–Trinajstić information content (AvgIpc) is 2.72. The molecule has 28 heavy (non-hydrogen) atoms. The van der Waals surface area contributed by atoms with E-state index in [4.69, 9.17) is 0 Å². The molecule has 2 fully saturated rings. The van der Waals surface area contributed by atoms with Crippen LogP contribution in [0.2, 0.25) is 0 Å². The normalized spacial score (nSPS) is 21.5. The Morgan fingerprint density at radius 1 is 1.00 bits per heavy atom. The highest BCUT2D eigenvalue weighted by molar-refractivity contribution is 5.92. The van der Waals surface area contributed by atoms with Crippen LogP contribution in [0.25, 0.3) is 6.08 Å². The van der Waals surface area contributed by atoms with Gasteiger partial charge in [-0.1, -0.05) is 45.0 Å². The predicted molar refractivity (Wildman–Crippen MR) is 114 cm³/mol. The second kappa shape index (κ2) is 9.40. The van der Waals surface area contributed by atoms with E-state index in [9.17, 15) is 9.59 Å². The Hall–Kier alpha value is -2.10. The van der Waals surface area contributed by atoms with Gasteiger partial charge in [0, 0.05) is 38.2 Å². The Bertz CT molecular complexity index is 700. The van der Waals surface area contributed by atoms with Crippen LogP contribution in [0.4, 0.5) is 0 Å². The van der Waals surface area contributed by atoms with Crippen molar-refractivity contribution in [3.63, 3.8) is 0 Å². The van der Waals surface area contributed by atoms with Crippen molar-refractivity contribution in [2.24, 2.45) is 11.8 Å². The summed E-state index contributed by atoms with van der Waals surface area (Å²) in [6.07, 6.45) is 7.47. The van der Waals surface area contributed by atoms with Gasteiger partial charge < -0.3 is 9.80 Å². The van der Waals surface area contributed by atoms with Gasteiger partial charge in [-0.2, -0.15) is 0 Å². The highest BCUT2D eigenvalue weighted by Crippen LogP contribution is 2.24. The molecule has 2 aliphatic heterocycles. The molecule has 2 aliphatic rings. The molecule has 3 rings (SSSR count). The summed E-state index contributed by atoms with van der Waals surface area (Å²) < 4.78 is 0. The maximum atomic E-state index is 12.8. The van der Waals surface area contributed by atoms with Gasteiger partial charge in [0.2, 0.25) is 11.8 Å². The fourth-order valence-electron chi connectivity index (χ4n) is 4.26. The fraction of sp³-hybridized carbons (Fsp3) is 0.583. The molecule has 2 amide bonds. The Kier molecular flexibility index (Phi) is 6.93. The zero-order valence-electron chi connectivity index (χ0n) is 17.6. The first kappa shape index (κ1) is 20.6. The van der Waals surface area contributed by atoms with Gasteiger partial charge >= 0.3 is 0 Å². The third kappa shape index (κ3) is 5.24. The largest absolute Gasteiger partial charge is 0.342 e. The Labute approximate surface area is 169 Å². The number of carbonyl (C=O) groups excluding carboxylic acids is 2. The number of hydrogen-bond acceptors (Lipinski definition) is 2. The van der Waals surface area contributed by atoms with Crippen LogP contribution < -0.4 is 0 Å². The van der Waals surface area contributed by atoms with Crippen LogP contribution in [-0.4, -0.2) is 47.8 Å². The molecule has 1 atom stereocenters. The molecule has 1 aromatic carbocycles. The van der Waals surface area contributed by atoms with Gasteiger partial charge in [0.25, 0.3) is 0 Å². The first-order valence-electron chi connectivity index (χ1n) is 10.8. The van der Waals surface area contributed by atoms with Gasteiger partial charge in [-0.3, -0.25) is 9.59 Å². The van der Waals surface area contributed by atoms with Crippen molar-refractivity contribution in [2.75, 3.05) is 26.2 Å². The van der Waals surface area contributed by atoms with Crippen molar-refractivity contribution in [3.05, 3.63) is 41.5 Å². The Morgan fingerprint density at radius 2 is 1.68 bits per heavy atom. The molecule has 2 saturated heterocycles. The van der Waals surface area contributed by atoms with Crippen LogP contribution in [0.3, 0.4) is 0 Å². The number of carbonyl (C=O) groups is 2. The van der Waals surface area contributed by atoms with E-state index in [2.05, 4.69) is 49.9 Å². The molecule has 1 unspecified atom stereocenters. The molecule has 0 aliphatic carbocycles. The summed E-state index contributed by atoms with van der Waals surface area (Å²) in [6.45, 7) is 9.73. The van der Waals surface area contributed by atoms with Crippen LogP contribution in [0, 0.1) is 11.8 Å². The van der Waals surface area contributed by atoms with E-state index in [0.717, 1.165) is 37.9 Å². The number of piperidine rings is 2. The molecule has 0 N–H and O–H groups in total. The van der Waals surface area contributed by atoms with E-state index in [1.54, 1.807) is 6.08 Å². The molecule has 4 heteroatoms. The molecule has 4 nitrogen and oxygen atoms in total. The average molecular weight is 383 g/mol. The summed E-state index contributed by atoms with van der Waals surface area (Å²) in [5.41, 5.74) is 2.35. The Balaban J connectivity index is 1.48. The van der Waals surface area contributed by atoms with E-state index in [1.807, 2.05) is 11.0 Å². The molecule has 2 heterocycles. The summed E-state index contributed by atoms with van der Waals surface area (Å²) in [4.78, 5) is 29.2. The highest BCUT2D eigenvalue weighted by atomic mass is 16.2. The molecule has 0 bridgehead atoms. The predicted octanol–water partition coefficient (Wildman–Crippen LogP) is 4.32. The standard InChI is InChI=1S/C24H34N2O2/c1-18(2)21-9-6-20(7-10-21)8-11-23(27)25-15-12-22(13-16-25)24(28)26-14-4-5-19(3)17-26/h6-11,18-19,22H,4-5,12-17H2,1-3H3/b11-8+. The zero-order valence-corrected chi connectivity index (χ0v) is 17.6. The van der Waals surface area contributed by atoms with Crippen LogP contribution in [0.5, 0.6) is 0 Å². The van der Waals surface area contributed by atoms with Crippen molar-refractivity contribution >= 4 is 17.9 Å². The van der Waals surface area contributed by atoms with Gasteiger partial charge in [0.05, 0.1) is 0 Å². The van der Waals surface area contributed by atoms with E-state index in [1.165, 1.54) is 12.0 Å². The summed E-state index contributed by atoms with van der Waals surface area (Å²) in [6, 6.07) is 8.36. The minimum atomic E-state index is 0.0467. The molecule has 0 radical (unpaired) electrons. The second-order valence-electron chi connectivity index (χ2n) is 8.79. The van der Waals surface area contributed by atoms with E-state index in [-0.39, 0.29) is 11.8 Å². The summed E-state index contributed by atoms with van der Waals surface area (Å²) in [5.74, 6) is 1.56. The van der Waals surface area contributed by atoms with Crippen LogP contribution in [0.1, 0.15) is 63.5 Å². The third-order valence-electron chi connectivity index (χ3n) is 6.15. The smallest absolute Gasteiger partial charge is 0.246 e. The molecule has 0 saturated carbocycles. The van der Waals surface area contributed by atoms with Crippen LogP contribution in [0.15, 0.2) is 30.3 Å². The summed E-state index contributed by atoms with van der Waals surface area (Å²) in [7, 11) is 0. The Morgan fingerprint density at radius 3 is 2.29 bits per heavy atom. The van der Waals surface area contributed by atoms with Crippen LogP contribution >= 0.6 is 0 Å². The van der Waals surface area contributed by atoms with E-state index in [0.29, 0.717) is 30.8 Å². The minimum Gasteiger partial charge on any atom is -0.342 e. The lowest BCUT2D eigenvalue weighted by Crippen LogP contribution is -2.46. The number of rotatable bonds is 4.